The Hall–Kier alpha value is -1.85. The minimum atomic E-state index is -0.396. The molecule has 0 saturated carbocycles. The van der Waals surface area contributed by atoms with Crippen LogP contribution < -0.4 is 4.90 Å². The van der Waals surface area contributed by atoms with Crippen molar-refractivity contribution in [3.8, 4) is 0 Å². The molecule has 1 fully saturated rings. The molecule has 0 spiro atoms. The number of nitrogens with zero attached hydrogens (tertiary/aromatic N) is 2. The fraction of sp³-hybridized carbons (Fsp3) is 0.615. The normalized spacial score (nSPS) is 19.9. The molecule has 6 nitrogen and oxygen atoms in total. The molecule has 104 valence electrons. The average molecular weight is 265 g/mol. The predicted molar refractivity (Wildman–Crippen MR) is 69.8 cm³/mol. The number of nitrogens with one attached hydrogen (secondary N) is 1. The van der Waals surface area contributed by atoms with Gasteiger partial charge < -0.3 is 4.74 Å². The summed E-state index contributed by atoms with van der Waals surface area (Å²) < 4.78 is 4.68. The van der Waals surface area contributed by atoms with Crippen molar-refractivity contribution in [1.82, 2.24) is 10.2 Å². The average Bonchev–Trinajstić information content (AvgIpc) is 2.93. The van der Waals surface area contributed by atoms with Gasteiger partial charge >= 0.3 is 5.97 Å². The first kappa shape index (κ1) is 13.6. The topological polar surface area (TPSA) is 75.3 Å². The van der Waals surface area contributed by atoms with Crippen LogP contribution in [0.25, 0.3) is 0 Å². The predicted octanol–water partition coefficient (Wildman–Crippen LogP) is 1.23. The Labute approximate surface area is 112 Å². The third-order valence-electron chi connectivity index (χ3n) is 3.31. The standard InChI is InChI=1S/C13H19N3O3/c1-13(2,3)9-6-10(15-14-9)16-7-8(5-11(16)17)12(18)19-4/h6,8H,5,7H2,1-4H3,(H,14,15). The Morgan fingerprint density at radius 1 is 1.53 bits per heavy atom. The molecule has 1 amide bonds. The van der Waals surface area contributed by atoms with E-state index in [2.05, 4.69) is 35.7 Å². The van der Waals surface area contributed by atoms with Gasteiger partial charge in [-0.05, 0) is 0 Å². The molecule has 0 aromatic carbocycles. The number of ether oxygens (including phenoxy) is 1. The van der Waals surface area contributed by atoms with Gasteiger partial charge in [0.15, 0.2) is 5.82 Å². The Morgan fingerprint density at radius 3 is 2.74 bits per heavy atom. The van der Waals surface area contributed by atoms with Gasteiger partial charge in [-0.2, -0.15) is 5.10 Å². The first-order chi connectivity index (χ1) is 8.82. The highest BCUT2D eigenvalue weighted by atomic mass is 16.5. The van der Waals surface area contributed by atoms with Crippen molar-refractivity contribution in [3.63, 3.8) is 0 Å². The van der Waals surface area contributed by atoms with Crippen LogP contribution in [0, 0.1) is 5.92 Å². The van der Waals surface area contributed by atoms with Crippen LogP contribution in [0.2, 0.25) is 0 Å². The maximum atomic E-state index is 11.9. The summed E-state index contributed by atoms with van der Waals surface area (Å²) in [6.45, 7) is 6.52. The summed E-state index contributed by atoms with van der Waals surface area (Å²) in [5.74, 6) is -0.265. The number of aromatic nitrogens is 2. The van der Waals surface area contributed by atoms with Gasteiger partial charge in [0.25, 0.3) is 0 Å². The fourth-order valence-electron chi connectivity index (χ4n) is 2.09. The van der Waals surface area contributed by atoms with E-state index in [1.807, 2.05) is 6.07 Å². The summed E-state index contributed by atoms with van der Waals surface area (Å²) in [5.41, 5.74) is 0.896. The van der Waals surface area contributed by atoms with Crippen molar-refractivity contribution < 1.29 is 14.3 Å². The van der Waals surface area contributed by atoms with Crippen molar-refractivity contribution in [1.29, 1.82) is 0 Å². The third kappa shape index (κ3) is 2.62. The SMILES string of the molecule is COC(=O)C1CC(=O)N(c2cc(C(C)(C)C)[nH]n2)C1. The first-order valence-corrected chi connectivity index (χ1v) is 6.27. The summed E-state index contributed by atoms with van der Waals surface area (Å²) in [5, 5.41) is 7.10. The summed E-state index contributed by atoms with van der Waals surface area (Å²) in [6.07, 6.45) is 0.185. The van der Waals surface area contributed by atoms with E-state index in [1.165, 1.54) is 12.0 Å². The van der Waals surface area contributed by atoms with Crippen molar-refractivity contribution in [2.24, 2.45) is 5.92 Å². The van der Waals surface area contributed by atoms with Gasteiger partial charge in [0.2, 0.25) is 5.91 Å². The number of H-pyrrole nitrogens is 1. The quantitative estimate of drug-likeness (QED) is 0.816. The highest BCUT2D eigenvalue weighted by molar-refractivity contribution is 5.98. The zero-order chi connectivity index (χ0) is 14.2. The zero-order valence-corrected chi connectivity index (χ0v) is 11.7. The molecule has 1 aliphatic heterocycles. The van der Waals surface area contributed by atoms with Gasteiger partial charge in [-0.15, -0.1) is 0 Å². The van der Waals surface area contributed by atoms with E-state index in [4.69, 9.17) is 0 Å². The minimum Gasteiger partial charge on any atom is -0.469 e. The second kappa shape index (κ2) is 4.68. The summed E-state index contributed by atoms with van der Waals surface area (Å²) in [7, 11) is 1.34. The second-order valence-electron chi connectivity index (χ2n) is 5.82. The lowest BCUT2D eigenvalue weighted by Crippen LogP contribution is -2.26. The second-order valence-corrected chi connectivity index (χ2v) is 5.82. The Morgan fingerprint density at radius 2 is 2.21 bits per heavy atom. The van der Waals surface area contributed by atoms with Gasteiger partial charge in [-0.25, -0.2) is 0 Å². The summed E-state index contributed by atoms with van der Waals surface area (Å²) in [6, 6.07) is 1.86. The van der Waals surface area contributed by atoms with Gasteiger partial charge in [0.1, 0.15) is 0 Å². The number of hydrogen-bond acceptors (Lipinski definition) is 4. The molecule has 0 radical (unpaired) electrons. The van der Waals surface area contributed by atoms with E-state index in [1.54, 1.807) is 0 Å². The smallest absolute Gasteiger partial charge is 0.311 e. The zero-order valence-electron chi connectivity index (χ0n) is 11.7. The number of esters is 1. The van der Waals surface area contributed by atoms with E-state index < -0.39 is 5.92 Å². The number of anilines is 1. The highest BCUT2D eigenvalue weighted by Crippen LogP contribution is 2.28. The lowest BCUT2D eigenvalue weighted by atomic mass is 9.92. The van der Waals surface area contributed by atoms with E-state index in [9.17, 15) is 9.59 Å². The third-order valence-corrected chi connectivity index (χ3v) is 3.31. The summed E-state index contributed by atoms with van der Waals surface area (Å²) in [4.78, 5) is 24.9. The number of carbonyl (C=O) groups is 2. The first-order valence-electron chi connectivity index (χ1n) is 6.27. The van der Waals surface area contributed by atoms with Crippen molar-refractivity contribution >= 4 is 17.7 Å². The molecular formula is C13H19N3O3. The van der Waals surface area contributed by atoms with E-state index >= 15 is 0 Å². The van der Waals surface area contributed by atoms with Crippen LogP contribution in [-0.4, -0.2) is 35.7 Å². The minimum absolute atomic E-state index is 0.0597. The Bertz CT molecular complexity index is 501. The number of rotatable bonds is 2. The molecule has 0 bridgehead atoms. The lowest BCUT2D eigenvalue weighted by molar-refractivity contribution is -0.145. The Balaban J connectivity index is 2.17. The van der Waals surface area contributed by atoms with Crippen LogP contribution in [0.3, 0.4) is 0 Å². The molecule has 2 rings (SSSR count). The van der Waals surface area contributed by atoms with E-state index in [0.29, 0.717) is 12.4 Å². The van der Waals surface area contributed by atoms with Crippen molar-refractivity contribution in [3.05, 3.63) is 11.8 Å². The molecule has 6 heteroatoms. The molecule has 1 atom stereocenters. The molecular weight excluding hydrogens is 246 g/mol. The fourth-order valence-corrected chi connectivity index (χ4v) is 2.09. The molecule has 1 aromatic rings. The molecule has 1 N–H and O–H groups in total. The monoisotopic (exact) mass is 265 g/mol. The van der Waals surface area contributed by atoms with Gasteiger partial charge in [-0.3, -0.25) is 19.6 Å². The molecule has 0 aliphatic carbocycles. The molecule has 1 aliphatic rings. The molecule has 1 aromatic heterocycles. The maximum absolute atomic E-state index is 11.9. The van der Waals surface area contributed by atoms with Crippen LogP contribution in [0.15, 0.2) is 6.07 Å². The van der Waals surface area contributed by atoms with Crippen LogP contribution in [0.1, 0.15) is 32.9 Å². The number of amides is 1. The number of carbonyl (C=O) groups excluding carboxylic acids is 2. The van der Waals surface area contributed by atoms with Gasteiger partial charge in [0, 0.05) is 30.1 Å². The number of aromatic amines is 1. The van der Waals surface area contributed by atoms with Crippen molar-refractivity contribution in [2.45, 2.75) is 32.6 Å². The largest absolute Gasteiger partial charge is 0.469 e. The maximum Gasteiger partial charge on any atom is 0.311 e. The van der Waals surface area contributed by atoms with E-state index in [-0.39, 0.29) is 23.7 Å². The summed E-state index contributed by atoms with van der Waals surface area (Å²) >= 11 is 0. The number of hydrogen-bond donors (Lipinski definition) is 1. The molecule has 19 heavy (non-hydrogen) atoms. The van der Waals surface area contributed by atoms with Crippen LogP contribution >= 0.6 is 0 Å². The van der Waals surface area contributed by atoms with Gasteiger partial charge in [0.05, 0.1) is 13.0 Å². The molecule has 1 saturated heterocycles. The molecule has 2 heterocycles. The van der Waals surface area contributed by atoms with Crippen LogP contribution in [0.5, 0.6) is 0 Å². The number of methoxy groups -OCH3 is 1. The van der Waals surface area contributed by atoms with Crippen LogP contribution in [0.4, 0.5) is 5.82 Å². The van der Waals surface area contributed by atoms with E-state index in [0.717, 1.165) is 5.69 Å². The van der Waals surface area contributed by atoms with Gasteiger partial charge in [-0.1, -0.05) is 20.8 Å². The Kier molecular flexibility index (Phi) is 3.34. The van der Waals surface area contributed by atoms with Crippen LogP contribution in [-0.2, 0) is 19.7 Å². The lowest BCUT2D eigenvalue weighted by Gasteiger charge is -2.15. The molecule has 1 unspecified atom stereocenters. The van der Waals surface area contributed by atoms with Crippen molar-refractivity contribution in [2.75, 3.05) is 18.6 Å². The highest BCUT2D eigenvalue weighted by Gasteiger charge is 2.37.